The normalized spacial score (nSPS) is 11.8. The number of amides is 1. The smallest absolute Gasteiger partial charge is 0.335 e. The lowest BCUT2D eigenvalue weighted by Crippen LogP contribution is -2.22. The van der Waals surface area contributed by atoms with Gasteiger partial charge in [0.25, 0.3) is 5.91 Å². The second-order valence-electron chi connectivity index (χ2n) is 14.4. The molecular formula is C47H40N10O4S. The maximum atomic E-state index is 12.7. The van der Waals surface area contributed by atoms with Crippen LogP contribution in [0.2, 0.25) is 0 Å². The van der Waals surface area contributed by atoms with Crippen molar-refractivity contribution >= 4 is 67.5 Å². The highest BCUT2D eigenvalue weighted by atomic mass is 32.2. The van der Waals surface area contributed by atoms with Gasteiger partial charge in [-0.3, -0.25) is 19.6 Å². The van der Waals surface area contributed by atoms with Crippen LogP contribution in [-0.4, -0.2) is 69.8 Å². The molecule has 0 aliphatic carbocycles. The number of H-pyrrole nitrogens is 3. The van der Waals surface area contributed by atoms with Crippen LogP contribution in [-0.2, 0) is 19.5 Å². The number of para-hydroxylation sites is 2. The monoisotopic (exact) mass is 840 g/mol. The van der Waals surface area contributed by atoms with Crippen molar-refractivity contribution in [1.82, 2.24) is 45.2 Å². The molecular weight excluding hydrogens is 801 g/mol. The maximum Gasteiger partial charge on any atom is 0.335 e. The first-order valence-electron chi connectivity index (χ1n) is 19.8. The van der Waals surface area contributed by atoms with Gasteiger partial charge in [0.2, 0.25) is 0 Å². The predicted octanol–water partition coefficient (Wildman–Crippen LogP) is 8.44. The van der Waals surface area contributed by atoms with Crippen LogP contribution < -0.4 is 15.8 Å². The number of nitrogens with one attached hydrogen (secondary N) is 4. The third-order valence-corrected chi connectivity index (χ3v) is 11.4. The van der Waals surface area contributed by atoms with E-state index in [2.05, 4.69) is 65.1 Å². The number of carboxylic acid groups (broad SMARTS) is 1. The van der Waals surface area contributed by atoms with Crippen LogP contribution in [0.15, 0.2) is 139 Å². The SMILES string of the molecule is CSc1ccccc1CN.O=C(NCc1ccc2c(c1)CCO2)c1ccc2nc(-c3n[nH]c4ccccc34)[nH]c2c1.O=C(O)c1ccc2c(c1)ncn2-c1n[nH]c2ccccc12. The fraction of sp³-hybridized carbons (Fsp3) is 0.106. The van der Waals surface area contributed by atoms with E-state index in [1.807, 2.05) is 89.5 Å². The molecule has 308 valence electrons. The lowest BCUT2D eigenvalue weighted by atomic mass is 10.1. The Morgan fingerprint density at radius 1 is 0.823 bits per heavy atom. The molecule has 10 aromatic rings. The minimum Gasteiger partial charge on any atom is -0.493 e. The van der Waals surface area contributed by atoms with Crippen molar-refractivity contribution < 1.29 is 19.4 Å². The Bertz CT molecular complexity index is 3220. The van der Waals surface area contributed by atoms with Crippen LogP contribution in [0.3, 0.4) is 0 Å². The molecule has 1 aliphatic rings. The maximum absolute atomic E-state index is 12.7. The molecule has 1 amide bonds. The number of thioether (sulfide) groups is 1. The molecule has 4 aromatic heterocycles. The number of aromatic amines is 3. The fourth-order valence-corrected chi connectivity index (χ4v) is 7.99. The molecule has 0 radical (unpaired) electrons. The number of aromatic nitrogens is 8. The summed E-state index contributed by atoms with van der Waals surface area (Å²) in [5.41, 5.74) is 15.5. The zero-order valence-corrected chi connectivity index (χ0v) is 34.2. The Hall–Kier alpha value is -7.75. The zero-order chi connectivity index (χ0) is 42.6. The summed E-state index contributed by atoms with van der Waals surface area (Å²) in [5.74, 6) is 1.28. The number of imidazole rings is 2. The fourth-order valence-electron chi connectivity index (χ4n) is 7.36. The first-order valence-corrected chi connectivity index (χ1v) is 21.0. The highest BCUT2D eigenvalue weighted by Gasteiger charge is 2.16. The summed E-state index contributed by atoms with van der Waals surface area (Å²) in [7, 11) is 0. The second kappa shape index (κ2) is 17.5. The van der Waals surface area contributed by atoms with E-state index in [1.165, 1.54) is 16.0 Å². The molecule has 6 aromatic carbocycles. The van der Waals surface area contributed by atoms with Crippen LogP contribution in [0.25, 0.3) is 61.2 Å². The molecule has 0 saturated carbocycles. The number of ether oxygens (including phenoxy) is 1. The third-order valence-electron chi connectivity index (χ3n) is 10.5. The van der Waals surface area contributed by atoms with Gasteiger partial charge in [-0.2, -0.15) is 10.2 Å². The summed E-state index contributed by atoms with van der Waals surface area (Å²) in [6, 6.07) is 40.3. The van der Waals surface area contributed by atoms with Gasteiger partial charge < -0.3 is 25.9 Å². The third kappa shape index (κ3) is 8.09. The summed E-state index contributed by atoms with van der Waals surface area (Å²) < 4.78 is 7.39. The summed E-state index contributed by atoms with van der Waals surface area (Å²) in [6.07, 6.45) is 4.63. The molecule has 15 heteroatoms. The molecule has 1 aliphatic heterocycles. The van der Waals surface area contributed by atoms with Crippen molar-refractivity contribution in [3.63, 3.8) is 0 Å². The summed E-state index contributed by atoms with van der Waals surface area (Å²) >= 11 is 1.74. The van der Waals surface area contributed by atoms with Gasteiger partial charge in [-0.25, -0.2) is 14.8 Å². The molecule has 14 nitrogen and oxygen atoms in total. The van der Waals surface area contributed by atoms with E-state index in [4.69, 9.17) is 15.6 Å². The van der Waals surface area contributed by atoms with Gasteiger partial charge in [0.05, 0.1) is 45.3 Å². The van der Waals surface area contributed by atoms with Crippen molar-refractivity contribution in [3.8, 4) is 23.1 Å². The molecule has 5 heterocycles. The Morgan fingerprint density at radius 3 is 2.39 bits per heavy atom. The summed E-state index contributed by atoms with van der Waals surface area (Å²) in [4.78, 5) is 37.2. The molecule has 62 heavy (non-hydrogen) atoms. The van der Waals surface area contributed by atoms with Crippen molar-refractivity contribution in [2.24, 2.45) is 5.73 Å². The number of aromatic carboxylic acids is 1. The van der Waals surface area contributed by atoms with E-state index in [0.717, 1.165) is 74.2 Å². The van der Waals surface area contributed by atoms with Gasteiger partial charge in [0, 0.05) is 40.7 Å². The topological polar surface area (TPSA) is 206 Å². The number of hydrogen-bond acceptors (Lipinski definition) is 9. The molecule has 0 unspecified atom stereocenters. The number of nitrogens with two attached hydrogens (primary N) is 1. The van der Waals surface area contributed by atoms with E-state index in [1.54, 1.807) is 42.4 Å². The van der Waals surface area contributed by atoms with Crippen LogP contribution in [0.4, 0.5) is 0 Å². The van der Waals surface area contributed by atoms with Gasteiger partial charge >= 0.3 is 5.97 Å². The lowest BCUT2D eigenvalue weighted by Gasteiger charge is -2.07. The standard InChI is InChI=1S/C24H19N5O2.C15H10N4O2.C8H11NS/c30-24(25-13-14-5-8-21-15(11-14)9-10-31-21)16-6-7-19-20(12-16)27-23(26-19)22-17-3-1-2-4-18(17)28-29-22;20-15(21)9-5-6-13-12(7-9)16-8-19(13)14-10-3-1-2-4-11(10)17-18-14;1-10-8-5-3-2-4-7(8)6-9/h1-8,11-12H,9-10,13H2,(H,25,30)(H,26,27)(H,28,29);1-8H,(H,17,18)(H,20,21);2-5H,6,9H2,1H3. The highest BCUT2D eigenvalue weighted by molar-refractivity contribution is 7.98. The first-order chi connectivity index (χ1) is 30.4. The molecule has 7 N–H and O–H groups in total. The number of carbonyl (C=O) groups excluding carboxylic acids is 1. The largest absolute Gasteiger partial charge is 0.493 e. The van der Waals surface area contributed by atoms with Crippen LogP contribution in [0.5, 0.6) is 5.75 Å². The minimum absolute atomic E-state index is 0.125. The number of benzene rings is 6. The highest BCUT2D eigenvalue weighted by Crippen LogP contribution is 2.28. The van der Waals surface area contributed by atoms with Gasteiger partial charge in [0.15, 0.2) is 11.6 Å². The number of carboxylic acids is 1. The zero-order valence-electron chi connectivity index (χ0n) is 33.4. The van der Waals surface area contributed by atoms with E-state index in [0.29, 0.717) is 30.0 Å². The lowest BCUT2D eigenvalue weighted by molar-refractivity contribution is 0.0696. The molecule has 11 rings (SSSR count). The van der Waals surface area contributed by atoms with Crippen molar-refractivity contribution in [2.75, 3.05) is 12.9 Å². The Balaban J connectivity index is 0.000000136. The van der Waals surface area contributed by atoms with E-state index >= 15 is 0 Å². The molecule has 0 saturated heterocycles. The number of hydrogen-bond donors (Lipinski definition) is 6. The van der Waals surface area contributed by atoms with E-state index in [9.17, 15) is 9.59 Å². The molecule has 0 bridgehead atoms. The number of nitrogens with zero attached hydrogens (tertiary/aromatic N) is 5. The van der Waals surface area contributed by atoms with Crippen LogP contribution in [0.1, 0.15) is 37.4 Å². The molecule has 0 atom stereocenters. The Morgan fingerprint density at radius 2 is 1.58 bits per heavy atom. The van der Waals surface area contributed by atoms with Gasteiger partial charge in [0.1, 0.15) is 17.8 Å². The van der Waals surface area contributed by atoms with Gasteiger partial charge in [-0.05, 0) is 89.7 Å². The van der Waals surface area contributed by atoms with E-state index < -0.39 is 5.97 Å². The van der Waals surface area contributed by atoms with E-state index in [-0.39, 0.29) is 11.5 Å². The Labute approximate surface area is 358 Å². The van der Waals surface area contributed by atoms with Gasteiger partial charge in [-0.1, -0.05) is 60.7 Å². The van der Waals surface area contributed by atoms with Crippen molar-refractivity contribution in [2.45, 2.75) is 24.4 Å². The van der Waals surface area contributed by atoms with Gasteiger partial charge in [-0.15, -0.1) is 11.8 Å². The van der Waals surface area contributed by atoms with Crippen LogP contribution in [0, 0.1) is 0 Å². The second-order valence-corrected chi connectivity index (χ2v) is 15.2. The first kappa shape index (κ1) is 39.7. The summed E-state index contributed by atoms with van der Waals surface area (Å²) in [5, 5.41) is 28.7. The molecule has 0 spiro atoms. The average molecular weight is 841 g/mol. The summed E-state index contributed by atoms with van der Waals surface area (Å²) in [6.45, 7) is 1.83. The average Bonchev–Trinajstić information content (AvgIpc) is 4.17. The number of fused-ring (bicyclic) bond motifs is 5. The quantitative estimate of drug-likeness (QED) is 0.0806. The number of carbonyl (C=O) groups is 2. The van der Waals surface area contributed by atoms with Crippen LogP contribution >= 0.6 is 11.8 Å². The number of rotatable bonds is 8. The Kier molecular flexibility index (Phi) is 11.2. The van der Waals surface area contributed by atoms with Crippen molar-refractivity contribution in [1.29, 1.82) is 0 Å². The minimum atomic E-state index is -0.961. The van der Waals surface area contributed by atoms with Crippen molar-refractivity contribution in [3.05, 3.63) is 162 Å². The predicted molar refractivity (Wildman–Crippen MR) is 242 cm³/mol. The molecule has 0 fully saturated rings.